The molecule has 0 aliphatic rings. The largest absolute Gasteiger partial charge is 0.493 e. The van der Waals surface area contributed by atoms with Gasteiger partial charge in [0.2, 0.25) is 0 Å². The average Bonchev–Trinajstić information content (AvgIpc) is 2.86. The summed E-state index contributed by atoms with van der Waals surface area (Å²) in [6.45, 7) is -3.08. The summed E-state index contributed by atoms with van der Waals surface area (Å²) in [5.41, 5.74) is 0.835. The number of fused-ring (bicyclic) bond motifs is 1. The predicted octanol–water partition coefficient (Wildman–Crippen LogP) is 7.60. The lowest BCUT2D eigenvalue weighted by atomic mass is 10.2. The first-order valence-electron chi connectivity index (χ1n) is 10.6. The Balaban J connectivity index is 1.51. The van der Waals surface area contributed by atoms with Crippen LogP contribution in [-0.2, 0) is 0 Å². The minimum atomic E-state index is -3.08. The monoisotopic (exact) mass is 549 g/mol. The highest BCUT2D eigenvalue weighted by molar-refractivity contribution is 6.34. The molecule has 4 aromatic rings. The van der Waals surface area contributed by atoms with Crippen molar-refractivity contribution in [2.24, 2.45) is 0 Å². The van der Waals surface area contributed by atoms with Gasteiger partial charge in [-0.3, -0.25) is 4.98 Å². The van der Waals surface area contributed by atoms with Crippen LogP contribution in [-0.4, -0.2) is 31.8 Å². The molecule has 4 rings (SSSR count). The van der Waals surface area contributed by atoms with Crippen LogP contribution in [0.15, 0.2) is 60.8 Å². The fourth-order valence-electron chi connectivity index (χ4n) is 3.40. The number of aromatic nitrogens is 1. The number of alkyl halides is 2. The molecule has 0 aliphatic carbocycles. The molecule has 3 aromatic carbocycles. The first-order valence-corrected chi connectivity index (χ1v) is 11.3. The van der Waals surface area contributed by atoms with Gasteiger partial charge in [-0.2, -0.15) is 8.78 Å². The number of nitrogens with zero attached hydrogens (tertiary/aromatic N) is 1. The van der Waals surface area contributed by atoms with Gasteiger partial charge in [0.1, 0.15) is 17.2 Å². The predicted molar refractivity (Wildman–Crippen MR) is 137 cm³/mol. The van der Waals surface area contributed by atoms with Gasteiger partial charge >= 0.3 is 12.6 Å². The fourth-order valence-corrected chi connectivity index (χ4v) is 3.79. The van der Waals surface area contributed by atoms with Crippen LogP contribution in [0.2, 0.25) is 10.0 Å². The molecule has 12 heteroatoms. The number of rotatable bonds is 8. The molecule has 0 unspecified atom stereocenters. The van der Waals surface area contributed by atoms with E-state index >= 15 is 0 Å². The Kier molecular flexibility index (Phi) is 8.00. The summed E-state index contributed by atoms with van der Waals surface area (Å²) in [6.07, 6.45) is 1.59. The molecule has 0 saturated heterocycles. The highest BCUT2D eigenvalue weighted by Crippen LogP contribution is 2.38. The quantitative estimate of drug-likeness (QED) is 0.235. The van der Waals surface area contributed by atoms with Gasteiger partial charge in [0.05, 0.1) is 36.1 Å². The lowest BCUT2D eigenvalue weighted by Crippen LogP contribution is -2.20. The van der Waals surface area contributed by atoms with Gasteiger partial charge in [-0.15, -0.1) is 0 Å². The van der Waals surface area contributed by atoms with E-state index < -0.39 is 12.6 Å². The van der Waals surface area contributed by atoms with Crippen molar-refractivity contribution in [1.82, 2.24) is 4.98 Å². The lowest BCUT2D eigenvalue weighted by Gasteiger charge is -2.15. The molecule has 2 amide bonds. The third kappa shape index (κ3) is 6.22. The summed E-state index contributed by atoms with van der Waals surface area (Å²) in [6, 6.07) is 12.9. The fraction of sp³-hybridized carbons (Fsp3) is 0.120. The van der Waals surface area contributed by atoms with Crippen LogP contribution in [0.1, 0.15) is 0 Å². The topological polar surface area (TPSA) is 90.9 Å². The molecule has 0 bridgehead atoms. The molecule has 192 valence electrons. The summed E-state index contributed by atoms with van der Waals surface area (Å²) >= 11 is 12.3. The highest BCUT2D eigenvalue weighted by Gasteiger charge is 2.15. The van der Waals surface area contributed by atoms with Crippen molar-refractivity contribution in [1.29, 1.82) is 0 Å². The highest BCUT2D eigenvalue weighted by atomic mass is 35.5. The molecule has 0 radical (unpaired) electrons. The van der Waals surface area contributed by atoms with E-state index in [9.17, 15) is 13.6 Å². The molecular weight excluding hydrogens is 531 g/mol. The maximum absolute atomic E-state index is 12.7. The van der Waals surface area contributed by atoms with E-state index in [-0.39, 0.29) is 27.2 Å². The molecule has 0 atom stereocenters. The number of pyridine rings is 1. The van der Waals surface area contributed by atoms with E-state index in [1.165, 1.54) is 44.6 Å². The minimum absolute atomic E-state index is 0.0435. The van der Waals surface area contributed by atoms with E-state index in [0.717, 1.165) is 0 Å². The first-order chi connectivity index (χ1) is 17.8. The number of carbonyl (C=O) groups excluding carboxylic acids is 1. The van der Waals surface area contributed by atoms with Gasteiger partial charge in [0.25, 0.3) is 0 Å². The minimum Gasteiger partial charge on any atom is -0.493 e. The number of hydrogen-bond donors (Lipinski definition) is 2. The number of nitrogens with one attached hydrogen (secondary N) is 2. The number of amides is 2. The normalized spacial score (nSPS) is 10.8. The number of halogens is 4. The van der Waals surface area contributed by atoms with Crippen LogP contribution < -0.4 is 29.6 Å². The molecule has 2 N–H and O–H groups in total. The number of anilines is 2. The van der Waals surface area contributed by atoms with Crippen molar-refractivity contribution < 1.29 is 32.5 Å². The maximum atomic E-state index is 12.7. The second-order valence-electron chi connectivity index (χ2n) is 7.38. The Hall–Kier alpha value is -4.02. The average molecular weight is 550 g/mol. The summed E-state index contributed by atoms with van der Waals surface area (Å²) < 4.78 is 46.4. The Morgan fingerprint density at radius 1 is 0.865 bits per heavy atom. The zero-order chi connectivity index (χ0) is 26.5. The summed E-state index contributed by atoms with van der Waals surface area (Å²) in [7, 11) is 3.06. The molecule has 0 saturated carbocycles. The Morgan fingerprint density at radius 2 is 1.59 bits per heavy atom. The molecular formula is C25H19Cl2F2N3O5. The van der Waals surface area contributed by atoms with E-state index in [0.29, 0.717) is 33.9 Å². The SMILES string of the molecule is COc1cc2nccc(Oc3ccc(NC(=O)Nc4cc(Cl)ccc4OC(F)F)c(Cl)c3)c2cc1OC. The molecule has 37 heavy (non-hydrogen) atoms. The number of benzene rings is 3. The van der Waals surface area contributed by atoms with Crippen LogP contribution >= 0.6 is 23.2 Å². The van der Waals surface area contributed by atoms with Gasteiger partial charge < -0.3 is 29.6 Å². The van der Waals surface area contributed by atoms with Crippen LogP contribution in [0.5, 0.6) is 28.7 Å². The number of ether oxygens (including phenoxy) is 4. The molecule has 8 nitrogen and oxygen atoms in total. The van der Waals surface area contributed by atoms with Crippen molar-refractivity contribution in [3.63, 3.8) is 0 Å². The summed E-state index contributed by atoms with van der Waals surface area (Å²) in [4.78, 5) is 16.8. The van der Waals surface area contributed by atoms with E-state index in [2.05, 4.69) is 20.4 Å². The Labute approximate surface area is 220 Å². The summed E-state index contributed by atoms with van der Waals surface area (Å²) in [5, 5.41) is 6.03. The number of carbonyl (C=O) groups is 1. The standard InChI is InChI=1S/C25H19Cl2F2N3O5/c1-34-22-11-15-18(12-23(22)35-2)30-8-7-20(15)36-14-4-5-17(16(27)10-14)31-25(33)32-19-9-13(26)3-6-21(19)37-24(28)29/h3-12,24H,1-2H3,(H2,31,32,33). The van der Waals surface area contributed by atoms with Gasteiger partial charge in [-0.25, -0.2) is 4.79 Å². The van der Waals surface area contributed by atoms with Gasteiger partial charge in [0, 0.05) is 28.7 Å². The zero-order valence-electron chi connectivity index (χ0n) is 19.4. The second kappa shape index (κ2) is 11.4. The Bertz CT molecular complexity index is 1460. The first kappa shape index (κ1) is 26.1. The van der Waals surface area contributed by atoms with Gasteiger partial charge in [-0.05, 0) is 42.5 Å². The van der Waals surface area contributed by atoms with Crippen LogP contribution in [0.25, 0.3) is 10.9 Å². The maximum Gasteiger partial charge on any atom is 0.387 e. The molecule has 0 spiro atoms. The van der Waals surface area contributed by atoms with E-state index in [1.807, 2.05) is 0 Å². The summed E-state index contributed by atoms with van der Waals surface area (Å²) in [5.74, 6) is 1.68. The van der Waals surface area contributed by atoms with Crippen molar-refractivity contribution in [3.8, 4) is 28.7 Å². The number of methoxy groups -OCH3 is 2. The molecule has 1 aromatic heterocycles. The second-order valence-corrected chi connectivity index (χ2v) is 8.22. The number of hydrogen-bond acceptors (Lipinski definition) is 6. The Morgan fingerprint density at radius 3 is 2.30 bits per heavy atom. The zero-order valence-corrected chi connectivity index (χ0v) is 20.9. The third-order valence-corrected chi connectivity index (χ3v) is 5.58. The van der Waals surface area contributed by atoms with E-state index in [4.69, 9.17) is 37.4 Å². The van der Waals surface area contributed by atoms with Crippen LogP contribution in [0.4, 0.5) is 25.0 Å². The van der Waals surface area contributed by atoms with Crippen molar-refractivity contribution in [2.45, 2.75) is 6.61 Å². The van der Waals surface area contributed by atoms with E-state index in [1.54, 1.807) is 30.5 Å². The molecule has 1 heterocycles. The number of urea groups is 1. The van der Waals surface area contributed by atoms with Gasteiger partial charge in [0.15, 0.2) is 11.5 Å². The molecule has 0 fully saturated rings. The van der Waals surface area contributed by atoms with Gasteiger partial charge in [-0.1, -0.05) is 23.2 Å². The van der Waals surface area contributed by atoms with Crippen molar-refractivity contribution >= 4 is 51.5 Å². The lowest BCUT2D eigenvalue weighted by molar-refractivity contribution is -0.0493. The smallest absolute Gasteiger partial charge is 0.387 e. The third-order valence-electron chi connectivity index (χ3n) is 5.03. The van der Waals surface area contributed by atoms with Crippen molar-refractivity contribution in [2.75, 3.05) is 24.9 Å². The van der Waals surface area contributed by atoms with Crippen molar-refractivity contribution in [3.05, 3.63) is 70.8 Å². The van der Waals surface area contributed by atoms with Crippen LogP contribution in [0, 0.1) is 0 Å². The van der Waals surface area contributed by atoms with Crippen LogP contribution in [0.3, 0.4) is 0 Å². The molecule has 0 aliphatic heterocycles.